The first-order valence-corrected chi connectivity index (χ1v) is 6.93. The maximum Gasteiger partial charge on any atom is 0.261 e. The summed E-state index contributed by atoms with van der Waals surface area (Å²) in [7, 11) is 1.82. The molecule has 7 heteroatoms. The lowest BCUT2D eigenvalue weighted by atomic mass is 10.1. The molecule has 0 saturated carbocycles. The summed E-state index contributed by atoms with van der Waals surface area (Å²) in [5.74, 6) is -0.826. The molecule has 0 aliphatic carbocycles. The Balaban J connectivity index is 0.00000242. The molecule has 0 spiro atoms. The van der Waals surface area contributed by atoms with Gasteiger partial charge in [-0.2, -0.15) is 0 Å². The van der Waals surface area contributed by atoms with Gasteiger partial charge >= 0.3 is 0 Å². The lowest BCUT2D eigenvalue weighted by Crippen LogP contribution is -2.39. The summed E-state index contributed by atoms with van der Waals surface area (Å²) in [5.41, 5.74) is 0.818. The molecule has 2 rings (SSSR count). The van der Waals surface area contributed by atoms with E-state index in [1.54, 1.807) is 24.3 Å². The van der Waals surface area contributed by atoms with Crippen LogP contribution in [0.2, 0.25) is 0 Å². The second-order valence-corrected chi connectivity index (χ2v) is 5.05. The van der Waals surface area contributed by atoms with Gasteiger partial charge in [-0.1, -0.05) is 12.1 Å². The Labute approximate surface area is 135 Å². The van der Waals surface area contributed by atoms with Crippen LogP contribution in [0.25, 0.3) is 0 Å². The molecule has 6 nitrogen and oxygen atoms in total. The molecule has 1 aliphatic rings. The fraction of sp³-hybridized carbons (Fsp3) is 0.400. The lowest BCUT2D eigenvalue weighted by molar-refractivity contribution is -0.121. The Morgan fingerprint density at radius 3 is 2.23 bits per heavy atom. The molecule has 1 aliphatic heterocycles. The highest BCUT2D eigenvalue weighted by Crippen LogP contribution is 2.22. The van der Waals surface area contributed by atoms with Crippen molar-refractivity contribution < 1.29 is 14.4 Å². The first kappa shape index (κ1) is 18.1. The quantitative estimate of drug-likeness (QED) is 0.759. The van der Waals surface area contributed by atoms with Crippen molar-refractivity contribution in [1.29, 1.82) is 0 Å². The zero-order valence-electron chi connectivity index (χ0n) is 12.6. The van der Waals surface area contributed by atoms with Crippen molar-refractivity contribution in [2.45, 2.75) is 19.4 Å². The van der Waals surface area contributed by atoms with Crippen molar-refractivity contribution in [3.63, 3.8) is 0 Å². The number of nitrogens with one attached hydrogen (secondary N) is 2. The number of hydrogen-bond donors (Lipinski definition) is 2. The van der Waals surface area contributed by atoms with E-state index in [2.05, 4.69) is 10.6 Å². The number of imide groups is 1. The molecular formula is C15H20ClN3O3. The van der Waals surface area contributed by atoms with Crippen LogP contribution in [0, 0.1) is 0 Å². The van der Waals surface area contributed by atoms with Crippen LogP contribution in [0.4, 0.5) is 0 Å². The van der Waals surface area contributed by atoms with Gasteiger partial charge in [0.2, 0.25) is 5.91 Å². The summed E-state index contributed by atoms with van der Waals surface area (Å²) in [6.45, 7) is 2.56. The number of amides is 3. The van der Waals surface area contributed by atoms with E-state index in [0.717, 1.165) is 4.90 Å². The topological polar surface area (TPSA) is 78.5 Å². The number of hydrogen-bond acceptors (Lipinski definition) is 4. The van der Waals surface area contributed by atoms with E-state index in [9.17, 15) is 14.4 Å². The van der Waals surface area contributed by atoms with E-state index >= 15 is 0 Å². The first-order chi connectivity index (χ1) is 10.0. The van der Waals surface area contributed by atoms with Crippen LogP contribution in [0.3, 0.4) is 0 Å². The molecule has 120 valence electrons. The highest BCUT2D eigenvalue weighted by atomic mass is 35.5. The van der Waals surface area contributed by atoms with Crippen LogP contribution < -0.4 is 10.6 Å². The zero-order chi connectivity index (χ0) is 15.4. The third kappa shape index (κ3) is 3.84. The second kappa shape index (κ2) is 7.91. The number of rotatable bonds is 6. The molecule has 3 amide bonds. The van der Waals surface area contributed by atoms with Gasteiger partial charge in [-0.15, -0.1) is 12.4 Å². The van der Waals surface area contributed by atoms with Crippen LogP contribution in [0.15, 0.2) is 24.3 Å². The highest BCUT2D eigenvalue weighted by Gasteiger charge is 2.34. The van der Waals surface area contributed by atoms with Crippen LogP contribution in [0.5, 0.6) is 0 Å². The predicted octanol–water partition coefficient (Wildman–Crippen LogP) is 0.819. The minimum absolute atomic E-state index is 0. The molecule has 1 unspecified atom stereocenters. The van der Waals surface area contributed by atoms with E-state index in [4.69, 9.17) is 0 Å². The summed E-state index contributed by atoms with van der Waals surface area (Å²) < 4.78 is 0. The third-order valence-electron chi connectivity index (χ3n) is 3.54. The van der Waals surface area contributed by atoms with Gasteiger partial charge < -0.3 is 10.6 Å². The minimum Gasteiger partial charge on any atom is -0.354 e. The van der Waals surface area contributed by atoms with Gasteiger partial charge in [0.25, 0.3) is 11.8 Å². The third-order valence-corrected chi connectivity index (χ3v) is 3.54. The number of halogens is 1. The molecule has 0 fully saturated rings. The van der Waals surface area contributed by atoms with Crippen molar-refractivity contribution in [2.75, 3.05) is 20.1 Å². The number of carbonyl (C=O) groups excluding carboxylic acids is 3. The Morgan fingerprint density at radius 1 is 1.18 bits per heavy atom. The van der Waals surface area contributed by atoms with Crippen molar-refractivity contribution in [3.8, 4) is 0 Å². The highest BCUT2D eigenvalue weighted by molar-refractivity contribution is 6.21. The average Bonchev–Trinajstić information content (AvgIpc) is 2.75. The summed E-state index contributed by atoms with van der Waals surface area (Å²) >= 11 is 0. The molecule has 22 heavy (non-hydrogen) atoms. The second-order valence-electron chi connectivity index (χ2n) is 5.05. The molecule has 1 heterocycles. The summed E-state index contributed by atoms with van der Waals surface area (Å²) in [6.07, 6.45) is 0.113. The largest absolute Gasteiger partial charge is 0.354 e. The molecule has 2 N–H and O–H groups in total. The van der Waals surface area contributed by atoms with Gasteiger partial charge in [0.1, 0.15) is 0 Å². The summed E-state index contributed by atoms with van der Waals surface area (Å²) in [5, 5.41) is 5.77. The van der Waals surface area contributed by atoms with Gasteiger partial charge in [-0.05, 0) is 26.1 Å². The smallest absolute Gasteiger partial charge is 0.261 e. The summed E-state index contributed by atoms with van der Waals surface area (Å²) in [6, 6.07) is 6.88. The van der Waals surface area contributed by atoms with Gasteiger partial charge in [-0.3, -0.25) is 19.3 Å². The molecule has 0 radical (unpaired) electrons. The van der Waals surface area contributed by atoms with Crippen molar-refractivity contribution in [1.82, 2.24) is 15.5 Å². The van der Waals surface area contributed by atoms with E-state index < -0.39 is 0 Å². The van der Waals surface area contributed by atoms with E-state index in [0.29, 0.717) is 17.7 Å². The number of nitrogens with zero attached hydrogens (tertiary/aromatic N) is 1. The Hall–Kier alpha value is -1.92. The fourth-order valence-corrected chi connectivity index (χ4v) is 2.11. The standard InChI is InChI=1S/C15H19N3O3.ClH/c1-10(16-2)9-17-13(19)7-8-18-14(20)11-5-3-4-6-12(11)15(18)21;/h3-6,10,16H,7-9H2,1-2H3,(H,17,19);1H. The van der Waals surface area contributed by atoms with Crippen molar-refractivity contribution >= 4 is 30.1 Å². The Bertz CT molecular complexity index is 542. The first-order valence-electron chi connectivity index (χ1n) is 6.93. The van der Waals surface area contributed by atoms with Gasteiger partial charge in [0.05, 0.1) is 11.1 Å². The average molecular weight is 326 g/mol. The molecular weight excluding hydrogens is 306 g/mol. The van der Waals surface area contributed by atoms with Gasteiger partial charge in [0, 0.05) is 25.6 Å². The van der Waals surface area contributed by atoms with E-state index in [-0.39, 0.29) is 49.1 Å². The normalized spacial score (nSPS) is 14.4. The van der Waals surface area contributed by atoms with Crippen LogP contribution in [-0.4, -0.2) is 48.8 Å². The van der Waals surface area contributed by atoms with Crippen molar-refractivity contribution in [2.24, 2.45) is 0 Å². The van der Waals surface area contributed by atoms with Crippen molar-refractivity contribution in [3.05, 3.63) is 35.4 Å². The number of fused-ring (bicyclic) bond motifs is 1. The maximum atomic E-state index is 12.1. The van der Waals surface area contributed by atoms with Crippen LogP contribution in [-0.2, 0) is 4.79 Å². The lowest BCUT2D eigenvalue weighted by Gasteiger charge is -2.15. The van der Waals surface area contributed by atoms with Crippen LogP contribution >= 0.6 is 12.4 Å². The minimum atomic E-state index is -0.327. The molecule has 1 aromatic carbocycles. The maximum absolute atomic E-state index is 12.1. The Kier molecular flexibility index (Phi) is 6.52. The van der Waals surface area contributed by atoms with E-state index in [1.165, 1.54) is 0 Å². The SMILES string of the molecule is CNC(C)CNC(=O)CCN1C(=O)c2ccccc2C1=O.Cl. The Morgan fingerprint density at radius 2 is 1.73 bits per heavy atom. The monoisotopic (exact) mass is 325 g/mol. The summed E-state index contributed by atoms with van der Waals surface area (Å²) in [4.78, 5) is 37.0. The van der Waals surface area contributed by atoms with Crippen LogP contribution in [0.1, 0.15) is 34.1 Å². The predicted molar refractivity (Wildman–Crippen MR) is 85.2 cm³/mol. The zero-order valence-corrected chi connectivity index (χ0v) is 13.4. The molecule has 1 atom stereocenters. The molecule has 1 aromatic rings. The number of likely N-dealkylation sites (N-methyl/N-ethyl adjacent to an activating group) is 1. The molecule has 0 saturated heterocycles. The fourth-order valence-electron chi connectivity index (χ4n) is 2.11. The number of carbonyl (C=O) groups is 3. The van der Waals surface area contributed by atoms with E-state index in [1.807, 2.05) is 14.0 Å². The van der Waals surface area contributed by atoms with Gasteiger partial charge in [-0.25, -0.2) is 0 Å². The van der Waals surface area contributed by atoms with Gasteiger partial charge in [0.15, 0.2) is 0 Å². The molecule has 0 aromatic heterocycles. The number of benzene rings is 1. The molecule has 0 bridgehead atoms.